The normalized spacial score (nSPS) is 14.5. The van der Waals surface area contributed by atoms with Gasteiger partial charge >= 0.3 is 0 Å². The monoisotopic (exact) mass is 460 g/mol. The van der Waals surface area contributed by atoms with Gasteiger partial charge in [0.2, 0.25) is 5.91 Å². The van der Waals surface area contributed by atoms with Crippen LogP contribution in [0.3, 0.4) is 0 Å². The van der Waals surface area contributed by atoms with Gasteiger partial charge in [-0.2, -0.15) is 0 Å². The summed E-state index contributed by atoms with van der Waals surface area (Å²) in [5, 5.41) is 5.12. The van der Waals surface area contributed by atoms with Crippen molar-refractivity contribution < 1.29 is 19.1 Å². The van der Waals surface area contributed by atoms with E-state index in [0.29, 0.717) is 11.5 Å². The Hall–Kier alpha value is -3.54. The van der Waals surface area contributed by atoms with Gasteiger partial charge in [0.1, 0.15) is 17.5 Å². The fourth-order valence-corrected chi connectivity index (χ4v) is 4.49. The Morgan fingerprint density at radius 3 is 2.56 bits per heavy atom. The number of carbonyl (C=O) groups excluding carboxylic acids is 2. The van der Waals surface area contributed by atoms with Gasteiger partial charge in [0.25, 0.3) is 5.91 Å². The molecule has 0 heterocycles. The summed E-state index contributed by atoms with van der Waals surface area (Å²) < 4.78 is 11.3. The fraction of sp³-hybridized carbons (Fsp3) is 0.357. The minimum atomic E-state index is -0.629. The van der Waals surface area contributed by atoms with Crippen LogP contribution in [-0.2, 0) is 16.1 Å². The molecule has 1 atom stereocenters. The number of nitrogens with one attached hydrogen (secondary N) is 1. The predicted molar refractivity (Wildman–Crippen MR) is 133 cm³/mol. The van der Waals surface area contributed by atoms with Crippen molar-refractivity contribution in [2.75, 3.05) is 13.7 Å². The first-order valence-corrected chi connectivity index (χ1v) is 11.9. The van der Waals surface area contributed by atoms with Crippen LogP contribution in [0.25, 0.3) is 10.8 Å². The highest BCUT2D eigenvalue weighted by molar-refractivity contribution is 5.90. The van der Waals surface area contributed by atoms with Crippen molar-refractivity contribution >= 4 is 22.6 Å². The molecule has 1 aliphatic carbocycles. The van der Waals surface area contributed by atoms with Crippen LogP contribution in [-0.4, -0.2) is 42.5 Å². The third-order valence-electron chi connectivity index (χ3n) is 6.46. The molecule has 3 aromatic rings. The van der Waals surface area contributed by atoms with E-state index in [9.17, 15) is 9.59 Å². The van der Waals surface area contributed by atoms with Gasteiger partial charge in [-0.05, 0) is 48.9 Å². The summed E-state index contributed by atoms with van der Waals surface area (Å²) in [7, 11) is 1.61. The highest BCUT2D eigenvalue weighted by Crippen LogP contribution is 2.25. The Labute approximate surface area is 200 Å². The lowest BCUT2D eigenvalue weighted by molar-refractivity contribution is -0.142. The molecular weight excluding hydrogens is 428 g/mol. The van der Waals surface area contributed by atoms with Gasteiger partial charge in [-0.1, -0.05) is 61.4 Å². The molecule has 6 heteroatoms. The second-order valence-corrected chi connectivity index (χ2v) is 8.81. The molecule has 0 saturated heterocycles. The van der Waals surface area contributed by atoms with E-state index in [1.165, 1.54) is 0 Å². The smallest absolute Gasteiger partial charge is 0.261 e. The zero-order valence-corrected chi connectivity index (χ0v) is 19.8. The number of fused-ring (bicyclic) bond motifs is 1. The predicted octanol–water partition coefficient (Wildman–Crippen LogP) is 4.70. The average Bonchev–Trinajstić information content (AvgIpc) is 3.38. The second-order valence-electron chi connectivity index (χ2n) is 8.81. The van der Waals surface area contributed by atoms with E-state index in [4.69, 9.17) is 9.47 Å². The van der Waals surface area contributed by atoms with Gasteiger partial charge in [0.05, 0.1) is 7.11 Å². The summed E-state index contributed by atoms with van der Waals surface area (Å²) in [6.45, 7) is 1.91. The van der Waals surface area contributed by atoms with E-state index in [1.54, 1.807) is 18.9 Å². The quantitative estimate of drug-likeness (QED) is 0.503. The number of benzene rings is 3. The van der Waals surface area contributed by atoms with E-state index in [1.807, 2.05) is 66.7 Å². The van der Waals surface area contributed by atoms with Crippen molar-refractivity contribution in [3.05, 3.63) is 72.3 Å². The Morgan fingerprint density at radius 1 is 1.03 bits per heavy atom. The SMILES string of the molecule is COc1cccc(CN(C(=O)COc2cccc3ccccc23)[C@@H](C)C(=O)NC2CCCC2)c1. The number of hydrogen-bond donors (Lipinski definition) is 1. The van der Waals surface area contributed by atoms with Gasteiger partial charge in [-0.25, -0.2) is 0 Å². The third-order valence-corrected chi connectivity index (χ3v) is 6.46. The van der Waals surface area contributed by atoms with Gasteiger partial charge in [0.15, 0.2) is 6.61 Å². The van der Waals surface area contributed by atoms with Gasteiger partial charge < -0.3 is 19.7 Å². The van der Waals surface area contributed by atoms with Gasteiger partial charge in [-0.15, -0.1) is 0 Å². The molecule has 1 fully saturated rings. The van der Waals surface area contributed by atoms with Crippen molar-refractivity contribution in [2.45, 2.75) is 51.2 Å². The van der Waals surface area contributed by atoms with E-state index in [0.717, 1.165) is 42.0 Å². The highest BCUT2D eigenvalue weighted by atomic mass is 16.5. The number of hydrogen-bond acceptors (Lipinski definition) is 4. The topological polar surface area (TPSA) is 67.9 Å². The Kier molecular flexibility index (Phi) is 7.68. The number of ether oxygens (including phenoxy) is 2. The maximum absolute atomic E-state index is 13.4. The first kappa shape index (κ1) is 23.6. The molecular formula is C28H32N2O4. The van der Waals surface area contributed by atoms with E-state index in [2.05, 4.69) is 5.32 Å². The number of rotatable bonds is 9. The number of nitrogens with zero attached hydrogens (tertiary/aromatic N) is 1. The van der Waals surface area contributed by atoms with Crippen LogP contribution in [0.1, 0.15) is 38.2 Å². The lowest BCUT2D eigenvalue weighted by Crippen LogP contribution is -2.50. The van der Waals surface area contributed by atoms with Crippen LogP contribution in [0.5, 0.6) is 11.5 Å². The molecule has 0 aliphatic heterocycles. The summed E-state index contributed by atoms with van der Waals surface area (Å²) in [5.74, 6) is 0.980. The minimum Gasteiger partial charge on any atom is -0.497 e. The number of carbonyl (C=O) groups is 2. The fourth-order valence-electron chi connectivity index (χ4n) is 4.49. The molecule has 2 amide bonds. The molecule has 1 saturated carbocycles. The zero-order chi connectivity index (χ0) is 23.9. The van der Waals surface area contributed by atoms with Crippen LogP contribution in [0.15, 0.2) is 66.7 Å². The maximum Gasteiger partial charge on any atom is 0.261 e. The van der Waals surface area contributed by atoms with E-state index in [-0.39, 0.29) is 31.0 Å². The molecule has 178 valence electrons. The molecule has 34 heavy (non-hydrogen) atoms. The minimum absolute atomic E-state index is 0.131. The van der Waals surface area contributed by atoms with Crippen molar-refractivity contribution in [3.8, 4) is 11.5 Å². The molecule has 3 aromatic carbocycles. The summed E-state index contributed by atoms with van der Waals surface area (Å²) >= 11 is 0. The Balaban J connectivity index is 1.51. The molecule has 6 nitrogen and oxygen atoms in total. The summed E-state index contributed by atoms with van der Waals surface area (Å²) in [5.41, 5.74) is 0.887. The van der Waals surface area contributed by atoms with Gasteiger partial charge in [0, 0.05) is 18.0 Å². The molecule has 1 aliphatic rings. The highest BCUT2D eigenvalue weighted by Gasteiger charge is 2.29. The lowest BCUT2D eigenvalue weighted by Gasteiger charge is -2.30. The standard InChI is InChI=1S/C28H32N2O4/c1-20(28(32)29-23-12-4-5-13-23)30(18-21-9-7-14-24(17-21)33-2)27(31)19-34-26-16-8-11-22-10-3-6-15-25(22)26/h3,6-11,14-17,20,23H,4-5,12-13,18-19H2,1-2H3,(H,29,32)/t20-/m0/s1. The number of methoxy groups -OCH3 is 1. The zero-order valence-electron chi connectivity index (χ0n) is 19.8. The summed E-state index contributed by atoms with van der Waals surface area (Å²) in [6.07, 6.45) is 4.24. The molecule has 0 spiro atoms. The van der Waals surface area contributed by atoms with Crippen molar-refractivity contribution in [3.63, 3.8) is 0 Å². The molecule has 0 unspecified atom stereocenters. The second kappa shape index (κ2) is 11.1. The van der Waals surface area contributed by atoms with Crippen LogP contribution in [0.4, 0.5) is 0 Å². The first-order valence-electron chi connectivity index (χ1n) is 11.9. The Morgan fingerprint density at radius 2 is 1.76 bits per heavy atom. The third kappa shape index (κ3) is 5.68. The van der Waals surface area contributed by atoms with E-state index >= 15 is 0 Å². The number of amides is 2. The van der Waals surface area contributed by atoms with Gasteiger partial charge in [-0.3, -0.25) is 9.59 Å². The lowest BCUT2D eigenvalue weighted by atomic mass is 10.1. The first-order chi connectivity index (χ1) is 16.5. The summed E-state index contributed by atoms with van der Waals surface area (Å²) in [6, 6.07) is 20.8. The van der Waals surface area contributed by atoms with E-state index < -0.39 is 6.04 Å². The maximum atomic E-state index is 13.4. The van der Waals surface area contributed by atoms with Crippen molar-refractivity contribution in [1.82, 2.24) is 10.2 Å². The summed E-state index contributed by atoms with van der Waals surface area (Å²) in [4.78, 5) is 28.0. The van der Waals surface area contributed by atoms with Crippen molar-refractivity contribution in [1.29, 1.82) is 0 Å². The molecule has 4 rings (SSSR count). The van der Waals surface area contributed by atoms with Crippen LogP contribution >= 0.6 is 0 Å². The largest absolute Gasteiger partial charge is 0.497 e. The van der Waals surface area contributed by atoms with Crippen molar-refractivity contribution in [2.24, 2.45) is 0 Å². The Bertz CT molecular complexity index is 1130. The molecule has 1 N–H and O–H groups in total. The molecule has 0 aromatic heterocycles. The van der Waals surface area contributed by atoms with Crippen LogP contribution in [0.2, 0.25) is 0 Å². The van der Waals surface area contributed by atoms with Crippen LogP contribution in [0, 0.1) is 0 Å². The molecule has 0 radical (unpaired) electrons. The average molecular weight is 461 g/mol. The van der Waals surface area contributed by atoms with Crippen LogP contribution < -0.4 is 14.8 Å². The molecule has 0 bridgehead atoms.